The van der Waals surface area contributed by atoms with Crippen LogP contribution in [-0.4, -0.2) is 41.8 Å². The van der Waals surface area contributed by atoms with Gasteiger partial charge in [-0.3, -0.25) is 0 Å². The summed E-state index contributed by atoms with van der Waals surface area (Å²) in [7, 11) is 0. The van der Waals surface area contributed by atoms with Gasteiger partial charge in [-0.2, -0.15) is 0 Å². The molecule has 0 spiro atoms. The van der Waals surface area contributed by atoms with Gasteiger partial charge in [0.05, 0.1) is 0 Å². The molecule has 2 saturated heterocycles. The number of carbonyl (C=O) groups is 1. The van der Waals surface area contributed by atoms with Crippen LogP contribution in [0.5, 0.6) is 0 Å². The second-order valence-electron chi connectivity index (χ2n) is 3.70. The molecule has 0 saturated carbocycles. The van der Waals surface area contributed by atoms with Crippen molar-refractivity contribution < 1.29 is 24.1 Å². The van der Waals surface area contributed by atoms with E-state index in [0.29, 0.717) is 6.29 Å². The maximum Gasteiger partial charge on any atom is 0.190 e. The van der Waals surface area contributed by atoms with Crippen molar-refractivity contribution in [3.8, 4) is 0 Å². The fraction of sp³-hybridized carbons (Fsp3) is 0.875. The molecule has 0 bridgehead atoms. The van der Waals surface area contributed by atoms with E-state index in [4.69, 9.17) is 14.2 Å². The molecule has 0 amide bonds. The Labute approximate surface area is 75.6 Å². The van der Waals surface area contributed by atoms with Gasteiger partial charge in [0.25, 0.3) is 0 Å². The van der Waals surface area contributed by atoms with Crippen molar-refractivity contribution in [1.29, 1.82) is 0 Å². The Bertz CT molecular complexity index is 227. The highest BCUT2D eigenvalue weighted by Gasteiger charge is 2.54. The molecule has 2 heterocycles. The Morgan fingerprint density at radius 3 is 2.62 bits per heavy atom. The second kappa shape index (κ2) is 2.75. The van der Waals surface area contributed by atoms with Crippen LogP contribution in [0.1, 0.15) is 13.8 Å². The molecule has 74 valence electrons. The zero-order valence-electron chi connectivity index (χ0n) is 7.47. The number of aldehydes is 1. The SMILES string of the molecule is CC1(C)O[C@@H]2O[C@H](C=O)[C@@H](O)[C@@H]2O1. The number of carbonyl (C=O) groups excluding carboxylic acids is 1. The molecule has 1 N–H and O–H groups in total. The average molecular weight is 188 g/mol. The highest BCUT2D eigenvalue weighted by molar-refractivity contribution is 5.58. The summed E-state index contributed by atoms with van der Waals surface area (Å²) in [5, 5.41) is 9.53. The molecule has 0 aromatic rings. The van der Waals surface area contributed by atoms with Gasteiger partial charge in [0.15, 0.2) is 18.4 Å². The summed E-state index contributed by atoms with van der Waals surface area (Å²) in [6, 6.07) is 0. The van der Waals surface area contributed by atoms with E-state index < -0.39 is 30.4 Å². The van der Waals surface area contributed by atoms with E-state index in [1.54, 1.807) is 13.8 Å². The molecular weight excluding hydrogens is 176 g/mol. The molecule has 0 radical (unpaired) electrons. The lowest BCUT2D eigenvalue weighted by Gasteiger charge is -2.20. The monoisotopic (exact) mass is 188 g/mol. The first-order valence-corrected chi connectivity index (χ1v) is 4.18. The van der Waals surface area contributed by atoms with Crippen molar-refractivity contribution in [3.05, 3.63) is 0 Å². The summed E-state index contributed by atoms with van der Waals surface area (Å²) in [5.74, 6) is -0.746. The van der Waals surface area contributed by atoms with Gasteiger partial charge in [-0.05, 0) is 13.8 Å². The fourth-order valence-corrected chi connectivity index (χ4v) is 1.63. The van der Waals surface area contributed by atoms with E-state index in [-0.39, 0.29) is 0 Å². The molecule has 0 aliphatic carbocycles. The van der Waals surface area contributed by atoms with Gasteiger partial charge in [-0.1, -0.05) is 0 Å². The Hall–Kier alpha value is -0.490. The number of ether oxygens (including phenoxy) is 3. The number of hydrogen-bond donors (Lipinski definition) is 1. The van der Waals surface area contributed by atoms with E-state index in [9.17, 15) is 9.90 Å². The van der Waals surface area contributed by atoms with Crippen molar-refractivity contribution in [2.45, 2.75) is 44.2 Å². The predicted octanol–water partition coefficient (Wildman–Crippen LogP) is -0.577. The van der Waals surface area contributed by atoms with Crippen molar-refractivity contribution >= 4 is 6.29 Å². The van der Waals surface area contributed by atoms with Gasteiger partial charge in [-0.25, -0.2) is 0 Å². The molecule has 0 aromatic heterocycles. The molecule has 2 rings (SSSR count). The Kier molecular flexibility index (Phi) is 1.92. The first kappa shape index (κ1) is 9.08. The van der Waals surface area contributed by atoms with Crippen LogP contribution in [0.3, 0.4) is 0 Å². The van der Waals surface area contributed by atoms with Crippen LogP contribution in [-0.2, 0) is 19.0 Å². The molecular formula is C8H12O5. The lowest BCUT2D eigenvalue weighted by Crippen LogP contribution is -2.35. The Morgan fingerprint density at radius 2 is 2.08 bits per heavy atom. The zero-order valence-corrected chi connectivity index (χ0v) is 7.47. The average Bonchev–Trinajstić information content (AvgIpc) is 2.47. The third-order valence-electron chi connectivity index (χ3n) is 2.19. The third-order valence-corrected chi connectivity index (χ3v) is 2.19. The van der Waals surface area contributed by atoms with Crippen molar-refractivity contribution in [2.75, 3.05) is 0 Å². The highest BCUT2D eigenvalue weighted by Crippen LogP contribution is 2.36. The van der Waals surface area contributed by atoms with Crippen LogP contribution in [0.4, 0.5) is 0 Å². The van der Waals surface area contributed by atoms with E-state index in [2.05, 4.69) is 0 Å². The van der Waals surface area contributed by atoms with Crippen molar-refractivity contribution in [2.24, 2.45) is 0 Å². The molecule has 4 atom stereocenters. The summed E-state index contributed by atoms with van der Waals surface area (Å²) in [6.45, 7) is 3.47. The first-order chi connectivity index (χ1) is 6.03. The van der Waals surface area contributed by atoms with Gasteiger partial charge in [0, 0.05) is 0 Å². The molecule has 2 aliphatic rings. The molecule has 5 heteroatoms. The van der Waals surface area contributed by atoms with Crippen LogP contribution in [0.15, 0.2) is 0 Å². The summed E-state index contributed by atoms with van der Waals surface area (Å²) < 4.78 is 15.8. The van der Waals surface area contributed by atoms with Crippen LogP contribution in [0.2, 0.25) is 0 Å². The quantitative estimate of drug-likeness (QED) is 0.558. The van der Waals surface area contributed by atoms with Crippen LogP contribution in [0, 0.1) is 0 Å². The molecule has 0 aromatic carbocycles. The minimum Gasteiger partial charge on any atom is -0.387 e. The minimum absolute atomic E-state index is 0.551. The topological polar surface area (TPSA) is 65.0 Å². The van der Waals surface area contributed by atoms with Gasteiger partial charge in [0.2, 0.25) is 0 Å². The lowest BCUT2D eigenvalue weighted by atomic mass is 10.1. The standard InChI is InChI=1S/C8H12O5/c1-8(2)12-6-5(10)4(3-9)11-7(6)13-8/h3-7,10H,1-2H3/t4-,5-,6+,7+/m1/s1. The molecule has 13 heavy (non-hydrogen) atoms. The summed E-state index contributed by atoms with van der Waals surface area (Å²) in [6.07, 6.45) is -2.37. The van der Waals surface area contributed by atoms with Crippen LogP contribution in [0.25, 0.3) is 0 Å². The minimum atomic E-state index is -0.927. The summed E-state index contributed by atoms with van der Waals surface area (Å²) >= 11 is 0. The summed E-state index contributed by atoms with van der Waals surface area (Å²) in [5.41, 5.74) is 0. The molecule has 2 aliphatic heterocycles. The number of aliphatic hydroxyl groups is 1. The van der Waals surface area contributed by atoms with Gasteiger partial charge >= 0.3 is 0 Å². The normalized spacial score (nSPS) is 47.6. The fourth-order valence-electron chi connectivity index (χ4n) is 1.63. The number of aliphatic hydroxyl groups excluding tert-OH is 1. The smallest absolute Gasteiger partial charge is 0.190 e. The van der Waals surface area contributed by atoms with E-state index in [0.717, 1.165) is 0 Å². The van der Waals surface area contributed by atoms with E-state index in [1.807, 2.05) is 0 Å². The third kappa shape index (κ3) is 1.38. The van der Waals surface area contributed by atoms with Gasteiger partial charge in [0.1, 0.15) is 18.3 Å². The highest BCUT2D eigenvalue weighted by atomic mass is 16.8. The number of hydrogen-bond acceptors (Lipinski definition) is 5. The van der Waals surface area contributed by atoms with Crippen LogP contribution >= 0.6 is 0 Å². The van der Waals surface area contributed by atoms with Crippen LogP contribution < -0.4 is 0 Å². The van der Waals surface area contributed by atoms with Gasteiger partial charge < -0.3 is 24.1 Å². The lowest BCUT2D eigenvalue weighted by molar-refractivity contribution is -0.212. The second-order valence-corrected chi connectivity index (χ2v) is 3.70. The molecule has 0 unspecified atom stereocenters. The van der Waals surface area contributed by atoms with Crippen molar-refractivity contribution in [1.82, 2.24) is 0 Å². The number of fused-ring (bicyclic) bond motifs is 1. The summed E-state index contributed by atoms with van der Waals surface area (Å²) in [4.78, 5) is 10.4. The van der Waals surface area contributed by atoms with Gasteiger partial charge in [-0.15, -0.1) is 0 Å². The maximum atomic E-state index is 10.4. The molecule has 2 fully saturated rings. The molecule has 5 nitrogen and oxygen atoms in total. The van der Waals surface area contributed by atoms with Crippen molar-refractivity contribution in [3.63, 3.8) is 0 Å². The van der Waals surface area contributed by atoms with E-state index in [1.165, 1.54) is 0 Å². The first-order valence-electron chi connectivity index (χ1n) is 4.18. The Balaban J connectivity index is 2.11. The largest absolute Gasteiger partial charge is 0.387 e. The predicted molar refractivity (Wildman–Crippen MR) is 40.8 cm³/mol. The maximum absolute atomic E-state index is 10.4. The number of rotatable bonds is 1. The zero-order chi connectivity index (χ0) is 9.64. The van der Waals surface area contributed by atoms with E-state index >= 15 is 0 Å². The Morgan fingerprint density at radius 1 is 1.38 bits per heavy atom.